The van der Waals surface area contributed by atoms with Crippen LogP contribution in [0.25, 0.3) is 11.1 Å². The van der Waals surface area contributed by atoms with Gasteiger partial charge in [0.25, 0.3) is 0 Å². The first kappa shape index (κ1) is 26.6. The Morgan fingerprint density at radius 3 is 2.54 bits per heavy atom. The van der Waals surface area contributed by atoms with Gasteiger partial charge in [-0.05, 0) is 42.3 Å². The fourth-order valence-electron chi connectivity index (χ4n) is 3.97. The standard InChI is InChI=1S/C25H31N3O6S/c1-17-13-28(18(2)15-29)35(31,32)24-10-9-21(20-7-5-19(12-26)6-8-20)11-22(24)34-23(17)14-27(3)25(30)16-33-4/h5-11,17-18,23,29H,13-16H2,1-4H3/t17-,18+,23-/m1/s1. The van der Waals surface area contributed by atoms with E-state index in [1.54, 1.807) is 50.4 Å². The molecule has 2 aromatic rings. The van der Waals surface area contributed by atoms with Gasteiger partial charge in [0.1, 0.15) is 23.4 Å². The summed E-state index contributed by atoms with van der Waals surface area (Å²) in [4.78, 5) is 13.8. The quantitative estimate of drug-likeness (QED) is 0.617. The third kappa shape index (κ3) is 5.82. The molecule has 3 rings (SSSR count). The molecule has 0 aromatic heterocycles. The lowest BCUT2D eigenvalue weighted by Crippen LogP contribution is -2.50. The number of nitrogens with zero attached hydrogens (tertiary/aromatic N) is 3. The van der Waals surface area contributed by atoms with Gasteiger partial charge in [0.15, 0.2) is 0 Å². The lowest BCUT2D eigenvalue weighted by molar-refractivity contribution is -0.135. The van der Waals surface area contributed by atoms with Crippen LogP contribution in [0.15, 0.2) is 47.4 Å². The fourth-order valence-corrected chi connectivity index (χ4v) is 5.79. The molecule has 0 aliphatic carbocycles. The largest absolute Gasteiger partial charge is 0.487 e. The summed E-state index contributed by atoms with van der Waals surface area (Å²) in [6, 6.07) is 13.3. The Hall–Kier alpha value is -2.97. The number of hydrogen-bond acceptors (Lipinski definition) is 7. The van der Waals surface area contributed by atoms with Crippen LogP contribution in [0, 0.1) is 17.2 Å². The predicted octanol–water partition coefficient (Wildman–Crippen LogP) is 2.10. The fraction of sp³-hybridized carbons (Fsp3) is 0.440. The number of carbonyl (C=O) groups is 1. The molecule has 1 amide bonds. The average Bonchev–Trinajstić information content (AvgIpc) is 2.85. The molecule has 3 atom stereocenters. The summed E-state index contributed by atoms with van der Waals surface area (Å²) in [5.41, 5.74) is 2.04. The van der Waals surface area contributed by atoms with Gasteiger partial charge >= 0.3 is 0 Å². The zero-order valence-corrected chi connectivity index (χ0v) is 21.2. The maximum atomic E-state index is 13.6. The van der Waals surface area contributed by atoms with Crippen molar-refractivity contribution in [1.82, 2.24) is 9.21 Å². The Labute approximate surface area is 206 Å². The SMILES string of the molecule is COCC(=O)N(C)C[C@H]1Oc2cc(-c3ccc(C#N)cc3)ccc2S(=O)(=O)N([C@@H](C)CO)C[C@H]1C. The number of rotatable bonds is 7. The minimum Gasteiger partial charge on any atom is -0.487 e. The normalized spacial score (nSPS) is 20.5. The van der Waals surface area contributed by atoms with Crippen molar-refractivity contribution in [2.75, 3.05) is 40.5 Å². The van der Waals surface area contributed by atoms with E-state index in [1.165, 1.54) is 22.4 Å². The van der Waals surface area contributed by atoms with Crippen molar-refractivity contribution in [2.24, 2.45) is 5.92 Å². The number of sulfonamides is 1. The molecule has 0 radical (unpaired) electrons. The van der Waals surface area contributed by atoms with Crippen LogP contribution in [-0.4, -0.2) is 81.2 Å². The molecule has 0 saturated heterocycles. The number of benzene rings is 2. The Kier molecular flexibility index (Phi) is 8.51. The number of fused-ring (bicyclic) bond motifs is 1. The summed E-state index contributed by atoms with van der Waals surface area (Å²) < 4.78 is 39.7. The topological polar surface area (TPSA) is 120 Å². The van der Waals surface area contributed by atoms with Crippen LogP contribution < -0.4 is 4.74 Å². The summed E-state index contributed by atoms with van der Waals surface area (Å²) in [6.45, 7) is 3.47. The number of ether oxygens (including phenoxy) is 2. The predicted molar refractivity (Wildman–Crippen MR) is 130 cm³/mol. The molecule has 9 nitrogen and oxygen atoms in total. The lowest BCUT2D eigenvalue weighted by atomic mass is 10.0. The monoisotopic (exact) mass is 501 g/mol. The smallest absolute Gasteiger partial charge is 0.248 e. The highest BCUT2D eigenvalue weighted by molar-refractivity contribution is 7.89. The summed E-state index contributed by atoms with van der Waals surface area (Å²) in [7, 11) is -0.876. The van der Waals surface area contributed by atoms with E-state index < -0.39 is 22.2 Å². The van der Waals surface area contributed by atoms with E-state index in [0.29, 0.717) is 5.56 Å². The number of likely N-dealkylation sites (N-methyl/N-ethyl adjacent to an activating group) is 1. The average molecular weight is 502 g/mol. The number of aliphatic hydroxyl groups excluding tert-OH is 1. The van der Waals surface area contributed by atoms with E-state index in [9.17, 15) is 18.3 Å². The van der Waals surface area contributed by atoms with Gasteiger partial charge in [-0.25, -0.2) is 8.42 Å². The second-order valence-corrected chi connectivity index (χ2v) is 10.7. The Morgan fingerprint density at radius 1 is 1.29 bits per heavy atom. The van der Waals surface area contributed by atoms with E-state index in [4.69, 9.17) is 14.7 Å². The minimum atomic E-state index is -3.97. The Balaban J connectivity index is 2.09. The maximum Gasteiger partial charge on any atom is 0.248 e. The van der Waals surface area contributed by atoms with E-state index in [0.717, 1.165) is 11.1 Å². The van der Waals surface area contributed by atoms with Crippen molar-refractivity contribution < 1.29 is 27.8 Å². The second-order valence-electron chi connectivity index (χ2n) is 8.80. The zero-order chi connectivity index (χ0) is 25.8. The van der Waals surface area contributed by atoms with Crippen molar-refractivity contribution in [3.63, 3.8) is 0 Å². The van der Waals surface area contributed by atoms with Crippen molar-refractivity contribution in [3.05, 3.63) is 48.0 Å². The van der Waals surface area contributed by atoms with Gasteiger partial charge in [0.2, 0.25) is 15.9 Å². The molecule has 0 unspecified atom stereocenters. The molecule has 1 aliphatic heterocycles. The molecule has 0 fully saturated rings. The van der Waals surface area contributed by atoms with Gasteiger partial charge in [-0.3, -0.25) is 4.79 Å². The molecule has 0 spiro atoms. The van der Waals surface area contributed by atoms with Crippen LogP contribution in [0.4, 0.5) is 0 Å². The molecule has 1 heterocycles. The summed E-state index contributed by atoms with van der Waals surface area (Å²) in [5, 5.41) is 18.8. The maximum absolute atomic E-state index is 13.6. The van der Waals surface area contributed by atoms with E-state index in [2.05, 4.69) is 6.07 Å². The second kappa shape index (κ2) is 11.2. The number of nitriles is 1. The summed E-state index contributed by atoms with van der Waals surface area (Å²) in [5.74, 6) is -0.334. The number of methoxy groups -OCH3 is 1. The van der Waals surface area contributed by atoms with Gasteiger partial charge in [-0.15, -0.1) is 0 Å². The first-order chi connectivity index (χ1) is 16.6. The highest BCUT2D eigenvalue weighted by Gasteiger charge is 2.38. The van der Waals surface area contributed by atoms with Crippen LogP contribution in [0.1, 0.15) is 19.4 Å². The molecule has 2 aromatic carbocycles. The summed E-state index contributed by atoms with van der Waals surface area (Å²) in [6.07, 6.45) is -0.514. The van der Waals surface area contributed by atoms with Crippen molar-refractivity contribution in [2.45, 2.75) is 30.9 Å². The molecular formula is C25H31N3O6S. The molecule has 0 saturated carbocycles. The van der Waals surface area contributed by atoms with Gasteiger partial charge in [-0.2, -0.15) is 9.57 Å². The number of amides is 1. The lowest BCUT2D eigenvalue weighted by Gasteiger charge is -2.37. The molecule has 1 N–H and O–H groups in total. The highest BCUT2D eigenvalue weighted by Crippen LogP contribution is 2.36. The Morgan fingerprint density at radius 2 is 1.94 bits per heavy atom. The molecule has 10 heteroatoms. The Bertz CT molecular complexity index is 1190. The summed E-state index contributed by atoms with van der Waals surface area (Å²) >= 11 is 0. The molecule has 1 aliphatic rings. The van der Waals surface area contributed by atoms with E-state index in [1.807, 2.05) is 6.92 Å². The third-order valence-electron chi connectivity index (χ3n) is 6.16. The zero-order valence-electron chi connectivity index (χ0n) is 20.3. The van der Waals surface area contributed by atoms with E-state index in [-0.39, 0.29) is 48.8 Å². The van der Waals surface area contributed by atoms with Gasteiger partial charge in [0.05, 0.1) is 24.8 Å². The highest BCUT2D eigenvalue weighted by atomic mass is 32.2. The number of carbonyl (C=O) groups excluding carboxylic acids is 1. The van der Waals surface area contributed by atoms with Crippen LogP contribution in [0.2, 0.25) is 0 Å². The number of hydrogen-bond donors (Lipinski definition) is 1. The number of aliphatic hydroxyl groups is 1. The van der Waals surface area contributed by atoms with Gasteiger partial charge < -0.3 is 19.5 Å². The van der Waals surface area contributed by atoms with Gasteiger partial charge in [0, 0.05) is 32.7 Å². The molecular weight excluding hydrogens is 470 g/mol. The first-order valence-corrected chi connectivity index (χ1v) is 12.7. The van der Waals surface area contributed by atoms with E-state index >= 15 is 0 Å². The van der Waals surface area contributed by atoms with Crippen LogP contribution in [0.3, 0.4) is 0 Å². The van der Waals surface area contributed by atoms with Crippen LogP contribution in [-0.2, 0) is 19.6 Å². The molecule has 35 heavy (non-hydrogen) atoms. The van der Waals surface area contributed by atoms with Gasteiger partial charge in [-0.1, -0.05) is 25.1 Å². The van der Waals surface area contributed by atoms with Crippen LogP contribution in [0.5, 0.6) is 5.75 Å². The molecule has 0 bridgehead atoms. The minimum absolute atomic E-state index is 0.00188. The first-order valence-electron chi connectivity index (χ1n) is 11.3. The van der Waals surface area contributed by atoms with Crippen molar-refractivity contribution in [1.29, 1.82) is 5.26 Å². The van der Waals surface area contributed by atoms with Crippen molar-refractivity contribution in [3.8, 4) is 22.9 Å². The van der Waals surface area contributed by atoms with Crippen molar-refractivity contribution >= 4 is 15.9 Å². The third-order valence-corrected chi connectivity index (χ3v) is 8.18. The molecule has 188 valence electrons. The van der Waals surface area contributed by atoms with Crippen LogP contribution >= 0.6 is 0 Å².